The number of hydrogen-bond donors (Lipinski definition) is 1. The molecule has 0 saturated heterocycles. The maximum Gasteiger partial charge on any atom is 0.150 e. The molecule has 0 aromatic heterocycles. The molecule has 0 radical (unpaired) electrons. The lowest BCUT2D eigenvalue weighted by molar-refractivity contribution is 0.521. The van der Waals surface area contributed by atoms with Crippen LogP contribution in [-0.2, 0) is 9.84 Å². The molecule has 0 heterocycles. The van der Waals surface area contributed by atoms with Crippen LogP contribution < -0.4 is 5.32 Å². The molecule has 84 valence electrons. The maximum absolute atomic E-state index is 11.2. The molecule has 0 aliphatic heterocycles. The molecule has 0 amide bonds. The van der Waals surface area contributed by atoms with E-state index in [1.807, 2.05) is 0 Å². The van der Waals surface area contributed by atoms with Gasteiger partial charge in [0.15, 0.2) is 0 Å². The Labute approximate surface area is 87.2 Å². The first kappa shape index (κ1) is 12.0. The quantitative estimate of drug-likeness (QED) is 0.686. The number of sulfone groups is 1. The summed E-state index contributed by atoms with van der Waals surface area (Å²) >= 11 is 0. The third kappa shape index (κ3) is 4.42. The van der Waals surface area contributed by atoms with Crippen LogP contribution in [-0.4, -0.2) is 32.5 Å². The fraction of sp³-hybridized carbons (Fsp3) is 1.00. The van der Waals surface area contributed by atoms with Crippen molar-refractivity contribution in [1.29, 1.82) is 0 Å². The zero-order chi connectivity index (χ0) is 10.4. The largest absolute Gasteiger partial charge is 0.314 e. The van der Waals surface area contributed by atoms with Gasteiger partial charge in [-0.1, -0.05) is 19.8 Å². The minimum atomic E-state index is -2.76. The van der Waals surface area contributed by atoms with E-state index in [9.17, 15) is 8.42 Å². The van der Waals surface area contributed by atoms with Gasteiger partial charge in [0, 0.05) is 11.8 Å². The molecule has 0 bridgehead atoms. The van der Waals surface area contributed by atoms with Crippen molar-refractivity contribution in [3.05, 3.63) is 0 Å². The molecular formula is C10H21NO2S. The first-order valence-corrected chi connectivity index (χ1v) is 7.40. The highest BCUT2D eigenvalue weighted by atomic mass is 32.2. The van der Waals surface area contributed by atoms with Crippen LogP contribution in [0.15, 0.2) is 0 Å². The van der Waals surface area contributed by atoms with Crippen molar-refractivity contribution in [3.8, 4) is 0 Å². The van der Waals surface area contributed by atoms with E-state index in [0.717, 1.165) is 13.0 Å². The topological polar surface area (TPSA) is 46.2 Å². The Balaban J connectivity index is 2.04. The van der Waals surface area contributed by atoms with Gasteiger partial charge < -0.3 is 5.32 Å². The Bertz CT molecular complexity index is 243. The molecule has 1 saturated carbocycles. The van der Waals surface area contributed by atoms with Gasteiger partial charge in [-0.05, 0) is 25.8 Å². The second kappa shape index (κ2) is 5.71. The van der Waals surface area contributed by atoms with Crippen LogP contribution in [0.4, 0.5) is 0 Å². The first-order chi connectivity index (χ1) is 6.64. The summed E-state index contributed by atoms with van der Waals surface area (Å²) in [5.74, 6) is 0.611. The predicted molar refractivity (Wildman–Crippen MR) is 59.2 cm³/mol. The molecule has 0 spiro atoms. The van der Waals surface area contributed by atoms with Gasteiger partial charge in [-0.3, -0.25) is 0 Å². The highest BCUT2D eigenvalue weighted by Crippen LogP contribution is 2.17. The lowest BCUT2D eigenvalue weighted by Gasteiger charge is -2.10. The normalized spacial score (nSPS) is 18.9. The molecule has 1 fully saturated rings. The molecular weight excluding hydrogens is 198 g/mol. The molecule has 14 heavy (non-hydrogen) atoms. The third-order valence-electron chi connectivity index (χ3n) is 2.86. The Morgan fingerprint density at radius 2 is 1.93 bits per heavy atom. The van der Waals surface area contributed by atoms with Gasteiger partial charge in [0.05, 0.1) is 5.75 Å². The van der Waals surface area contributed by atoms with Crippen molar-refractivity contribution >= 4 is 9.84 Å². The zero-order valence-electron chi connectivity index (χ0n) is 8.96. The van der Waals surface area contributed by atoms with Gasteiger partial charge in [-0.15, -0.1) is 0 Å². The van der Waals surface area contributed by atoms with Crippen molar-refractivity contribution in [2.24, 2.45) is 0 Å². The maximum atomic E-state index is 11.2. The summed E-state index contributed by atoms with van der Waals surface area (Å²) in [5.41, 5.74) is 0. The summed E-state index contributed by atoms with van der Waals surface area (Å²) in [7, 11) is -2.76. The molecule has 0 unspecified atom stereocenters. The SMILES string of the molecule is CCS(=O)(=O)CCCNC1CCCC1. The van der Waals surface area contributed by atoms with E-state index in [1.54, 1.807) is 6.92 Å². The smallest absolute Gasteiger partial charge is 0.150 e. The van der Waals surface area contributed by atoms with Crippen molar-refractivity contribution in [2.75, 3.05) is 18.1 Å². The molecule has 0 atom stereocenters. The molecule has 3 nitrogen and oxygen atoms in total. The summed E-state index contributed by atoms with van der Waals surface area (Å²) in [5, 5.41) is 3.41. The second-order valence-corrected chi connectivity index (χ2v) is 6.50. The van der Waals surface area contributed by atoms with Gasteiger partial charge in [0.25, 0.3) is 0 Å². The average molecular weight is 219 g/mol. The van der Waals surface area contributed by atoms with Crippen LogP contribution >= 0.6 is 0 Å². The van der Waals surface area contributed by atoms with Crippen molar-refractivity contribution < 1.29 is 8.42 Å². The van der Waals surface area contributed by atoms with Gasteiger partial charge in [-0.2, -0.15) is 0 Å². The van der Waals surface area contributed by atoms with Gasteiger partial charge in [-0.25, -0.2) is 8.42 Å². The lowest BCUT2D eigenvalue weighted by atomic mass is 10.2. The molecule has 0 aromatic carbocycles. The minimum Gasteiger partial charge on any atom is -0.314 e. The summed E-state index contributed by atoms with van der Waals surface area (Å²) < 4.78 is 22.3. The van der Waals surface area contributed by atoms with E-state index < -0.39 is 9.84 Å². The number of hydrogen-bond acceptors (Lipinski definition) is 3. The highest BCUT2D eigenvalue weighted by molar-refractivity contribution is 7.91. The Hall–Kier alpha value is -0.0900. The zero-order valence-corrected chi connectivity index (χ0v) is 9.78. The summed E-state index contributed by atoms with van der Waals surface area (Å²) in [6.07, 6.45) is 5.93. The molecule has 1 aliphatic carbocycles. The third-order valence-corrected chi connectivity index (χ3v) is 4.65. The van der Waals surface area contributed by atoms with E-state index in [-0.39, 0.29) is 5.75 Å². The Morgan fingerprint density at radius 3 is 2.50 bits per heavy atom. The standard InChI is InChI=1S/C10H21NO2S/c1-2-14(12,13)9-5-8-11-10-6-3-4-7-10/h10-11H,2-9H2,1H3. The summed E-state index contributed by atoms with van der Waals surface area (Å²) in [6.45, 7) is 2.56. The first-order valence-electron chi connectivity index (χ1n) is 5.58. The fourth-order valence-corrected chi connectivity index (χ4v) is 2.75. The molecule has 1 N–H and O–H groups in total. The van der Waals surface area contributed by atoms with Crippen LogP contribution in [0.25, 0.3) is 0 Å². The predicted octanol–water partition coefficient (Wildman–Crippen LogP) is 1.34. The van der Waals surface area contributed by atoms with Crippen LogP contribution in [0.3, 0.4) is 0 Å². The highest BCUT2D eigenvalue weighted by Gasteiger charge is 2.14. The van der Waals surface area contributed by atoms with E-state index in [2.05, 4.69) is 5.32 Å². The monoisotopic (exact) mass is 219 g/mol. The van der Waals surface area contributed by atoms with Gasteiger partial charge in [0.2, 0.25) is 0 Å². The molecule has 0 aromatic rings. The lowest BCUT2D eigenvalue weighted by Crippen LogP contribution is -2.28. The van der Waals surface area contributed by atoms with Gasteiger partial charge in [0.1, 0.15) is 9.84 Å². The number of nitrogens with one attached hydrogen (secondary N) is 1. The van der Waals surface area contributed by atoms with E-state index >= 15 is 0 Å². The Kier molecular flexibility index (Phi) is 4.89. The van der Waals surface area contributed by atoms with Crippen LogP contribution in [0.1, 0.15) is 39.0 Å². The molecule has 1 rings (SSSR count). The summed E-state index contributed by atoms with van der Waals surface area (Å²) in [6, 6.07) is 0.652. The fourth-order valence-electron chi connectivity index (χ4n) is 1.87. The minimum absolute atomic E-state index is 0.274. The van der Waals surface area contributed by atoms with E-state index in [0.29, 0.717) is 11.8 Å². The van der Waals surface area contributed by atoms with Crippen LogP contribution in [0, 0.1) is 0 Å². The van der Waals surface area contributed by atoms with Gasteiger partial charge >= 0.3 is 0 Å². The van der Waals surface area contributed by atoms with Crippen LogP contribution in [0.2, 0.25) is 0 Å². The van der Waals surface area contributed by atoms with Crippen molar-refractivity contribution in [1.82, 2.24) is 5.32 Å². The summed E-state index contributed by atoms with van der Waals surface area (Å²) in [4.78, 5) is 0. The van der Waals surface area contributed by atoms with E-state index in [1.165, 1.54) is 25.7 Å². The molecule has 1 aliphatic rings. The van der Waals surface area contributed by atoms with Crippen molar-refractivity contribution in [3.63, 3.8) is 0 Å². The number of rotatable bonds is 6. The Morgan fingerprint density at radius 1 is 1.29 bits per heavy atom. The van der Waals surface area contributed by atoms with Crippen LogP contribution in [0.5, 0.6) is 0 Å². The second-order valence-electron chi connectivity index (χ2n) is 4.03. The average Bonchev–Trinajstić information content (AvgIpc) is 2.65. The van der Waals surface area contributed by atoms with Crippen molar-refractivity contribution in [2.45, 2.75) is 45.1 Å². The van der Waals surface area contributed by atoms with E-state index in [4.69, 9.17) is 0 Å². The molecule has 4 heteroatoms.